The molecule has 0 aliphatic carbocycles. The molecule has 0 spiro atoms. The monoisotopic (exact) mass is 277 g/mol. The van der Waals surface area contributed by atoms with Gasteiger partial charge in [-0.25, -0.2) is 4.79 Å². The summed E-state index contributed by atoms with van der Waals surface area (Å²) in [6.07, 6.45) is 4.88. The van der Waals surface area contributed by atoms with Gasteiger partial charge < -0.3 is 10.0 Å². The SMILES string of the molecule is CC.CN1CCC(CCc2ccc(C(=O)O)cc2)CC1. The van der Waals surface area contributed by atoms with Gasteiger partial charge in [-0.05, 0) is 69.4 Å². The quantitative estimate of drug-likeness (QED) is 0.912. The van der Waals surface area contributed by atoms with Crippen LogP contribution in [0.5, 0.6) is 0 Å². The largest absolute Gasteiger partial charge is 0.478 e. The highest BCUT2D eigenvalue weighted by molar-refractivity contribution is 5.87. The van der Waals surface area contributed by atoms with E-state index in [9.17, 15) is 4.79 Å². The van der Waals surface area contributed by atoms with Gasteiger partial charge in [0.1, 0.15) is 0 Å². The van der Waals surface area contributed by atoms with Crippen molar-refractivity contribution >= 4 is 5.97 Å². The Labute approximate surface area is 122 Å². The summed E-state index contributed by atoms with van der Waals surface area (Å²) in [7, 11) is 2.18. The van der Waals surface area contributed by atoms with E-state index in [1.807, 2.05) is 26.0 Å². The third-order valence-electron chi connectivity index (χ3n) is 3.88. The molecule has 1 fully saturated rings. The summed E-state index contributed by atoms with van der Waals surface area (Å²) < 4.78 is 0. The van der Waals surface area contributed by atoms with E-state index < -0.39 is 5.97 Å². The van der Waals surface area contributed by atoms with Gasteiger partial charge in [-0.15, -0.1) is 0 Å². The second-order valence-electron chi connectivity index (χ2n) is 5.29. The van der Waals surface area contributed by atoms with E-state index in [1.165, 1.54) is 37.9 Å². The summed E-state index contributed by atoms with van der Waals surface area (Å²) in [5.74, 6) is -0.0165. The Morgan fingerprint density at radius 2 is 1.75 bits per heavy atom. The second kappa shape index (κ2) is 8.75. The lowest BCUT2D eigenvalue weighted by Gasteiger charge is -2.28. The van der Waals surface area contributed by atoms with Crippen LogP contribution in [0.25, 0.3) is 0 Å². The molecule has 3 nitrogen and oxygen atoms in total. The van der Waals surface area contributed by atoms with Gasteiger partial charge >= 0.3 is 5.97 Å². The standard InChI is InChI=1S/C15H21NO2.C2H6/c1-16-10-8-13(9-11-16)3-2-12-4-6-14(7-5-12)15(17)18;1-2/h4-7,13H,2-3,8-11H2,1H3,(H,17,18);1-2H3. The van der Waals surface area contributed by atoms with Crippen molar-refractivity contribution in [3.8, 4) is 0 Å². The van der Waals surface area contributed by atoms with E-state index in [1.54, 1.807) is 12.1 Å². The summed E-state index contributed by atoms with van der Waals surface area (Å²) in [6.45, 7) is 6.42. The van der Waals surface area contributed by atoms with Gasteiger partial charge in [-0.1, -0.05) is 26.0 Å². The molecule has 3 heteroatoms. The molecule has 0 saturated carbocycles. The molecule has 1 heterocycles. The Hall–Kier alpha value is -1.35. The average molecular weight is 277 g/mol. The highest BCUT2D eigenvalue weighted by Gasteiger charge is 2.16. The van der Waals surface area contributed by atoms with Crippen LogP contribution in [0.15, 0.2) is 24.3 Å². The van der Waals surface area contributed by atoms with Crippen molar-refractivity contribution in [2.75, 3.05) is 20.1 Å². The molecular formula is C17H27NO2. The van der Waals surface area contributed by atoms with E-state index in [-0.39, 0.29) is 0 Å². The highest BCUT2D eigenvalue weighted by Crippen LogP contribution is 2.21. The molecule has 0 amide bonds. The zero-order valence-electron chi connectivity index (χ0n) is 12.9. The summed E-state index contributed by atoms with van der Waals surface area (Å²) in [4.78, 5) is 13.1. The van der Waals surface area contributed by atoms with Crippen molar-refractivity contribution in [2.45, 2.75) is 39.5 Å². The van der Waals surface area contributed by atoms with E-state index in [0.29, 0.717) is 5.56 Å². The number of hydrogen-bond donors (Lipinski definition) is 1. The van der Waals surface area contributed by atoms with Crippen molar-refractivity contribution in [1.29, 1.82) is 0 Å². The molecule has 112 valence electrons. The molecule has 1 N–H and O–H groups in total. The van der Waals surface area contributed by atoms with E-state index in [0.717, 1.165) is 12.3 Å². The van der Waals surface area contributed by atoms with Crippen LogP contribution in [-0.4, -0.2) is 36.1 Å². The van der Waals surface area contributed by atoms with Gasteiger partial charge in [-0.2, -0.15) is 0 Å². The lowest BCUT2D eigenvalue weighted by molar-refractivity contribution is 0.0697. The Morgan fingerprint density at radius 1 is 1.20 bits per heavy atom. The van der Waals surface area contributed by atoms with Crippen LogP contribution in [0.4, 0.5) is 0 Å². The summed E-state index contributed by atoms with van der Waals surface area (Å²) in [6, 6.07) is 7.29. The second-order valence-corrected chi connectivity index (χ2v) is 5.29. The van der Waals surface area contributed by atoms with Crippen LogP contribution in [0.2, 0.25) is 0 Å². The van der Waals surface area contributed by atoms with Gasteiger partial charge in [0.05, 0.1) is 5.56 Å². The van der Waals surface area contributed by atoms with Gasteiger partial charge in [-0.3, -0.25) is 0 Å². The number of carboxylic acid groups (broad SMARTS) is 1. The first-order valence-electron chi connectivity index (χ1n) is 7.66. The number of rotatable bonds is 4. The van der Waals surface area contributed by atoms with Crippen molar-refractivity contribution in [3.05, 3.63) is 35.4 Å². The van der Waals surface area contributed by atoms with Crippen molar-refractivity contribution in [2.24, 2.45) is 5.92 Å². The first kappa shape index (κ1) is 16.7. The minimum Gasteiger partial charge on any atom is -0.478 e. The first-order chi connectivity index (χ1) is 9.65. The Morgan fingerprint density at radius 3 is 2.25 bits per heavy atom. The van der Waals surface area contributed by atoms with E-state index >= 15 is 0 Å². The Balaban J connectivity index is 0.000000956. The van der Waals surface area contributed by atoms with Crippen LogP contribution in [0, 0.1) is 5.92 Å². The number of likely N-dealkylation sites (tertiary alicyclic amines) is 1. The van der Waals surface area contributed by atoms with Crippen LogP contribution in [0.3, 0.4) is 0 Å². The molecule has 2 rings (SSSR count). The smallest absolute Gasteiger partial charge is 0.335 e. The highest BCUT2D eigenvalue weighted by atomic mass is 16.4. The maximum atomic E-state index is 10.7. The summed E-state index contributed by atoms with van der Waals surface area (Å²) in [5.41, 5.74) is 1.62. The van der Waals surface area contributed by atoms with Crippen molar-refractivity contribution < 1.29 is 9.90 Å². The zero-order valence-corrected chi connectivity index (χ0v) is 12.9. The number of benzene rings is 1. The minimum atomic E-state index is -0.850. The fourth-order valence-corrected chi connectivity index (χ4v) is 2.54. The van der Waals surface area contributed by atoms with Crippen LogP contribution in [-0.2, 0) is 6.42 Å². The summed E-state index contributed by atoms with van der Waals surface area (Å²) in [5, 5.41) is 8.83. The van der Waals surface area contributed by atoms with Crippen LogP contribution in [0.1, 0.15) is 49.0 Å². The normalized spacial score (nSPS) is 16.4. The molecule has 1 aliphatic heterocycles. The minimum absolute atomic E-state index is 0.373. The third kappa shape index (κ3) is 5.33. The number of piperidine rings is 1. The van der Waals surface area contributed by atoms with Gasteiger partial charge in [0, 0.05) is 0 Å². The molecule has 0 unspecified atom stereocenters. The number of aryl methyl sites for hydroxylation is 1. The molecule has 0 radical (unpaired) electrons. The molecular weight excluding hydrogens is 250 g/mol. The van der Waals surface area contributed by atoms with Crippen LogP contribution >= 0.6 is 0 Å². The number of carboxylic acids is 1. The maximum Gasteiger partial charge on any atom is 0.335 e. The van der Waals surface area contributed by atoms with Crippen LogP contribution < -0.4 is 0 Å². The molecule has 0 bridgehead atoms. The number of hydrogen-bond acceptors (Lipinski definition) is 2. The zero-order chi connectivity index (χ0) is 15.0. The Kier molecular flexibility index (Phi) is 7.31. The first-order valence-corrected chi connectivity index (χ1v) is 7.66. The predicted octanol–water partition coefficient (Wildman–Crippen LogP) is 3.69. The number of nitrogens with zero attached hydrogens (tertiary/aromatic N) is 1. The van der Waals surface area contributed by atoms with Gasteiger partial charge in [0.25, 0.3) is 0 Å². The van der Waals surface area contributed by atoms with E-state index in [4.69, 9.17) is 5.11 Å². The number of aromatic carboxylic acids is 1. The van der Waals surface area contributed by atoms with Gasteiger partial charge in [0.2, 0.25) is 0 Å². The molecule has 1 aliphatic rings. The Bertz CT molecular complexity index is 392. The van der Waals surface area contributed by atoms with Crippen molar-refractivity contribution in [3.63, 3.8) is 0 Å². The van der Waals surface area contributed by atoms with Crippen molar-refractivity contribution in [1.82, 2.24) is 4.90 Å². The average Bonchev–Trinajstić information content (AvgIpc) is 2.49. The summed E-state index contributed by atoms with van der Waals surface area (Å²) >= 11 is 0. The third-order valence-corrected chi connectivity index (χ3v) is 3.88. The topological polar surface area (TPSA) is 40.5 Å². The molecule has 1 aromatic carbocycles. The van der Waals surface area contributed by atoms with E-state index in [2.05, 4.69) is 11.9 Å². The fourth-order valence-electron chi connectivity index (χ4n) is 2.54. The lowest BCUT2D eigenvalue weighted by Crippen LogP contribution is -2.30. The molecule has 1 saturated heterocycles. The predicted molar refractivity (Wildman–Crippen MR) is 83.3 cm³/mol. The maximum absolute atomic E-state index is 10.7. The number of carbonyl (C=O) groups is 1. The molecule has 0 atom stereocenters. The fraction of sp³-hybridized carbons (Fsp3) is 0.588. The lowest BCUT2D eigenvalue weighted by atomic mass is 9.90. The molecule has 1 aromatic rings. The molecule has 20 heavy (non-hydrogen) atoms. The van der Waals surface area contributed by atoms with Gasteiger partial charge in [0.15, 0.2) is 0 Å². The molecule has 0 aromatic heterocycles.